The van der Waals surface area contributed by atoms with Gasteiger partial charge in [0.15, 0.2) is 11.5 Å². The van der Waals surface area contributed by atoms with Crippen molar-refractivity contribution in [3.63, 3.8) is 0 Å². The largest absolute Gasteiger partial charge is 0.454 e. The molecule has 3 aromatic rings. The predicted molar refractivity (Wildman–Crippen MR) is 104 cm³/mol. The van der Waals surface area contributed by atoms with E-state index < -0.39 is 0 Å². The number of piperidine rings is 1. The summed E-state index contributed by atoms with van der Waals surface area (Å²) in [6.07, 6.45) is 3.34. The highest BCUT2D eigenvalue weighted by Gasteiger charge is 2.22. The Morgan fingerprint density at radius 3 is 2.96 bits per heavy atom. The van der Waals surface area contributed by atoms with Crippen LogP contribution in [-0.4, -0.2) is 41.1 Å². The third kappa shape index (κ3) is 3.13. The molecule has 27 heavy (non-hydrogen) atoms. The highest BCUT2D eigenvalue weighted by molar-refractivity contribution is 7.13. The molecule has 138 valence electrons. The number of nitrogens with zero attached hydrogens (tertiary/aromatic N) is 3. The van der Waals surface area contributed by atoms with Crippen molar-refractivity contribution in [2.45, 2.75) is 18.9 Å². The first kappa shape index (κ1) is 16.5. The number of aliphatic hydroxyl groups excluding tert-OH is 1. The van der Waals surface area contributed by atoms with Crippen molar-refractivity contribution in [3.8, 4) is 33.2 Å². The molecule has 0 saturated carbocycles. The molecule has 0 amide bonds. The van der Waals surface area contributed by atoms with E-state index in [-0.39, 0.29) is 12.9 Å². The molecule has 2 aromatic heterocycles. The fourth-order valence-electron chi connectivity index (χ4n) is 3.54. The summed E-state index contributed by atoms with van der Waals surface area (Å²) in [6.45, 7) is 1.70. The topological polar surface area (TPSA) is 67.7 Å². The van der Waals surface area contributed by atoms with E-state index in [4.69, 9.17) is 14.5 Å². The van der Waals surface area contributed by atoms with Crippen LogP contribution in [0.1, 0.15) is 12.8 Å². The fraction of sp³-hybridized carbons (Fsp3) is 0.300. The maximum Gasteiger partial charge on any atom is 0.231 e. The molecule has 0 unspecified atom stereocenters. The molecule has 0 radical (unpaired) electrons. The minimum atomic E-state index is -0.318. The Morgan fingerprint density at radius 1 is 1.19 bits per heavy atom. The van der Waals surface area contributed by atoms with Gasteiger partial charge in [-0.15, -0.1) is 11.3 Å². The van der Waals surface area contributed by atoms with Gasteiger partial charge in [0.05, 0.1) is 16.7 Å². The summed E-state index contributed by atoms with van der Waals surface area (Å²) in [7, 11) is 0. The Kier molecular flexibility index (Phi) is 4.18. The number of thiophene rings is 1. The molecule has 0 spiro atoms. The van der Waals surface area contributed by atoms with E-state index in [0.717, 1.165) is 52.6 Å². The summed E-state index contributed by atoms with van der Waals surface area (Å²) < 4.78 is 10.9. The zero-order valence-corrected chi connectivity index (χ0v) is 15.5. The normalized spacial score (nSPS) is 18.7. The summed E-state index contributed by atoms with van der Waals surface area (Å²) in [5.74, 6) is 2.17. The monoisotopic (exact) mass is 381 g/mol. The summed E-state index contributed by atoms with van der Waals surface area (Å²) in [5.41, 5.74) is 2.85. The molecule has 0 bridgehead atoms. The molecule has 0 aliphatic carbocycles. The molecule has 1 aromatic carbocycles. The van der Waals surface area contributed by atoms with E-state index in [9.17, 15) is 5.11 Å². The Bertz CT molecular complexity index is 961. The molecule has 7 heteroatoms. The van der Waals surface area contributed by atoms with E-state index in [0.29, 0.717) is 12.5 Å². The lowest BCUT2D eigenvalue weighted by molar-refractivity contribution is 0.153. The number of aromatic nitrogens is 2. The lowest BCUT2D eigenvalue weighted by atomic mass is 10.0. The number of anilines is 1. The van der Waals surface area contributed by atoms with Gasteiger partial charge in [-0.05, 0) is 42.0 Å². The molecule has 4 heterocycles. The van der Waals surface area contributed by atoms with E-state index >= 15 is 0 Å². The Balaban J connectivity index is 1.59. The number of β-amino-alcohol motifs (C(OH)–C–C–N with tert-alkyl or cyclic N) is 1. The van der Waals surface area contributed by atoms with Gasteiger partial charge < -0.3 is 19.5 Å². The van der Waals surface area contributed by atoms with E-state index in [2.05, 4.69) is 16.0 Å². The van der Waals surface area contributed by atoms with Crippen LogP contribution in [0, 0.1) is 0 Å². The number of rotatable bonds is 3. The molecule has 1 saturated heterocycles. The third-order valence-electron chi connectivity index (χ3n) is 4.89. The number of hydrogen-bond acceptors (Lipinski definition) is 7. The fourth-order valence-corrected chi connectivity index (χ4v) is 4.27. The van der Waals surface area contributed by atoms with Crippen molar-refractivity contribution in [1.29, 1.82) is 0 Å². The van der Waals surface area contributed by atoms with Gasteiger partial charge in [-0.2, -0.15) is 0 Å². The first-order valence-corrected chi connectivity index (χ1v) is 9.90. The second kappa shape index (κ2) is 6.83. The average Bonchev–Trinajstić information content (AvgIpc) is 3.39. The smallest absolute Gasteiger partial charge is 0.231 e. The Hall–Kier alpha value is -2.64. The van der Waals surface area contributed by atoms with Gasteiger partial charge in [0.1, 0.15) is 0 Å². The van der Waals surface area contributed by atoms with Crippen molar-refractivity contribution in [3.05, 3.63) is 41.9 Å². The van der Waals surface area contributed by atoms with Crippen LogP contribution >= 0.6 is 11.3 Å². The zero-order valence-electron chi connectivity index (χ0n) is 14.7. The Morgan fingerprint density at radius 2 is 2.11 bits per heavy atom. The first-order chi connectivity index (χ1) is 13.3. The van der Waals surface area contributed by atoms with Crippen molar-refractivity contribution in [1.82, 2.24) is 9.97 Å². The van der Waals surface area contributed by atoms with E-state index in [1.54, 1.807) is 11.3 Å². The molecule has 1 atom stereocenters. The second-order valence-electron chi connectivity index (χ2n) is 6.72. The predicted octanol–water partition coefficient (Wildman–Crippen LogP) is 3.56. The molecule has 2 aliphatic heterocycles. The highest BCUT2D eigenvalue weighted by atomic mass is 32.1. The van der Waals surface area contributed by atoms with Gasteiger partial charge in [0, 0.05) is 24.8 Å². The van der Waals surface area contributed by atoms with Gasteiger partial charge >= 0.3 is 0 Å². The van der Waals surface area contributed by atoms with Gasteiger partial charge in [0.25, 0.3) is 0 Å². The standard InChI is InChI=1S/C20H19N3O3S/c24-14-3-1-7-23(11-14)20-21-10-15(19(22-20)18-4-2-8-27-18)13-5-6-16-17(9-13)26-12-25-16/h2,4-6,8-10,14,24H,1,3,7,11-12H2/t14-/m0/s1. The van der Waals surface area contributed by atoms with Crippen LogP contribution in [0.2, 0.25) is 0 Å². The maximum absolute atomic E-state index is 10.00. The summed E-state index contributed by atoms with van der Waals surface area (Å²) in [5, 5.41) is 12.0. The van der Waals surface area contributed by atoms with Gasteiger partial charge in [-0.25, -0.2) is 9.97 Å². The SMILES string of the molecule is O[C@H]1CCCN(c2ncc(-c3ccc4c(c3)OCO4)c(-c3cccs3)n2)C1. The van der Waals surface area contributed by atoms with Gasteiger partial charge in [-0.1, -0.05) is 12.1 Å². The molecule has 6 nitrogen and oxygen atoms in total. The van der Waals surface area contributed by atoms with Crippen LogP contribution in [0.4, 0.5) is 5.95 Å². The lowest BCUT2D eigenvalue weighted by Crippen LogP contribution is -2.39. The second-order valence-corrected chi connectivity index (χ2v) is 7.67. The minimum Gasteiger partial charge on any atom is -0.454 e. The number of aliphatic hydroxyl groups is 1. The molecule has 1 fully saturated rings. The maximum atomic E-state index is 10.00. The molecular weight excluding hydrogens is 362 g/mol. The van der Waals surface area contributed by atoms with Gasteiger partial charge in [0.2, 0.25) is 12.7 Å². The Labute approximate surface area is 161 Å². The van der Waals surface area contributed by atoms with E-state index in [1.807, 2.05) is 35.8 Å². The van der Waals surface area contributed by atoms with E-state index in [1.165, 1.54) is 0 Å². The minimum absolute atomic E-state index is 0.253. The number of hydrogen-bond donors (Lipinski definition) is 1. The van der Waals surface area contributed by atoms with Crippen LogP contribution in [0.5, 0.6) is 11.5 Å². The summed E-state index contributed by atoms with van der Waals surface area (Å²) >= 11 is 1.65. The first-order valence-electron chi connectivity index (χ1n) is 9.02. The molecule has 1 N–H and O–H groups in total. The van der Waals surface area contributed by atoms with Crippen LogP contribution in [0.25, 0.3) is 21.7 Å². The lowest BCUT2D eigenvalue weighted by Gasteiger charge is -2.30. The number of fused-ring (bicyclic) bond motifs is 1. The molecule has 2 aliphatic rings. The van der Waals surface area contributed by atoms with Crippen LogP contribution in [-0.2, 0) is 0 Å². The summed E-state index contributed by atoms with van der Waals surface area (Å²) in [6, 6.07) is 10.00. The summed E-state index contributed by atoms with van der Waals surface area (Å²) in [4.78, 5) is 12.6. The highest BCUT2D eigenvalue weighted by Crippen LogP contribution is 2.39. The molecule has 5 rings (SSSR count). The van der Waals surface area contributed by atoms with Crippen LogP contribution in [0.15, 0.2) is 41.9 Å². The van der Waals surface area contributed by atoms with Crippen molar-refractivity contribution < 1.29 is 14.6 Å². The van der Waals surface area contributed by atoms with Crippen molar-refractivity contribution >= 4 is 17.3 Å². The zero-order chi connectivity index (χ0) is 18.2. The molecular formula is C20H19N3O3S. The number of ether oxygens (including phenoxy) is 2. The average molecular weight is 381 g/mol. The van der Waals surface area contributed by atoms with Crippen molar-refractivity contribution in [2.24, 2.45) is 0 Å². The third-order valence-corrected chi connectivity index (χ3v) is 5.77. The quantitative estimate of drug-likeness (QED) is 0.748. The van der Waals surface area contributed by atoms with Gasteiger partial charge in [-0.3, -0.25) is 0 Å². The van der Waals surface area contributed by atoms with Crippen LogP contribution < -0.4 is 14.4 Å². The van der Waals surface area contributed by atoms with Crippen LogP contribution in [0.3, 0.4) is 0 Å². The van der Waals surface area contributed by atoms with Crippen molar-refractivity contribution in [2.75, 3.05) is 24.8 Å². The number of benzene rings is 1.